The SMILES string of the molecule is CCC(NC(CN(C)C)C(C)C)c1ccc(F)cn1. The number of pyridine rings is 1. The number of hydrogen-bond donors (Lipinski definition) is 1. The Balaban J connectivity index is 2.76. The van der Waals surface area contributed by atoms with Crippen molar-refractivity contribution < 1.29 is 4.39 Å². The molecular formula is C15H26FN3. The number of halogens is 1. The van der Waals surface area contributed by atoms with Gasteiger partial charge in [-0.3, -0.25) is 4.98 Å². The predicted octanol–water partition coefficient (Wildman–Crippen LogP) is 2.85. The van der Waals surface area contributed by atoms with Crippen LogP contribution in [0.3, 0.4) is 0 Å². The summed E-state index contributed by atoms with van der Waals surface area (Å²) in [6.45, 7) is 7.53. The van der Waals surface area contributed by atoms with Gasteiger partial charge in [0.2, 0.25) is 0 Å². The largest absolute Gasteiger partial charge is 0.308 e. The fourth-order valence-corrected chi connectivity index (χ4v) is 2.11. The van der Waals surface area contributed by atoms with Crippen molar-refractivity contribution in [3.63, 3.8) is 0 Å². The van der Waals surface area contributed by atoms with Crippen molar-refractivity contribution in [2.75, 3.05) is 20.6 Å². The average Bonchev–Trinajstić information content (AvgIpc) is 2.35. The van der Waals surface area contributed by atoms with Crippen LogP contribution in [0, 0.1) is 11.7 Å². The molecule has 2 unspecified atom stereocenters. The molecule has 1 N–H and O–H groups in total. The number of likely N-dealkylation sites (N-methyl/N-ethyl adjacent to an activating group) is 1. The van der Waals surface area contributed by atoms with E-state index < -0.39 is 0 Å². The minimum absolute atomic E-state index is 0.174. The van der Waals surface area contributed by atoms with E-state index in [9.17, 15) is 4.39 Å². The molecule has 1 aromatic heterocycles. The van der Waals surface area contributed by atoms with Crippen molar-refractivity contribution in [1.82, 2.24) is 15.2 Å². The van der Waals surface area contributed by atoms with Gasteiger partial charge >= 0.3 is 0 Å². The lowest BCUT2D eigenvalue weighted by molar-refractivity contribution is 0.265. The molecule has 1 aromatic rings. The van der Waals surface area contributed by atoms with E-state index in [1.165, 1.54) is 12.3 Å². The Hall–Kier alpha value is -1.00. The molecule has 2 atom stereocenters. The molecule has 0 aromatic carbocycles. The molecule has 0 radical (unpaired) electrons. The van der Waals surface area contributed by atoms with Crippen molar-refractivity contribution in [2.45, 2.75) is 39.3 Å². The van der Waals surface area contributed by atoms with E-state index >= 15 is 0 Å². The van der Waals surface area contributed by atoms with Crippen LogP contribution in [0.2, 0.25) is 0 Å². The summed E-state index contributed by atoms with van der Waals surface area (Å²) in [7, 11) is 4.16. The standard InChI is InChI=1S/C15H26FN3/c1-6-13(14-8-7-12(16)9-17-14)18-15(11(2)3)10-19(4)5/h7-9,11,13,15,18H,6,10H2,1-5H3. The minimum atomic E-state index is -0.285. The molecule has 4 heteroatoms. The van der Waals surface area contributed by atoms with Crippen LogP contribution in [-0.4, -0.2) is 36.6 Å². The fraction of sp³-hybridized carbons (Fsp3) is 0.667. The molecule has 108 valence electrons. The van der Waals surface area contributed by atoms with Gasteiger partial charge in [-0.05, 0) is 38.6 Å². The highest BCUT2D eigenvalue weighted by Gasteiger charge is 2.19. The highest BCUT2D eigenvalue weighted by atomic mass is 19.1. The van der Waals surface area contributed by atoms with Crippen molar-refractivity contribution >= 4 is 0 Å². The maximum atomic E-state index is 12.9. The highest BCUT2D eigenvalue weighted by Crippen LogP contribution is 2.17. The Morgan fingerprint density at radius 1 is 1.32 bits per heavy atom. The fourth-order valence-electron chi connectivity index (χ4n) is 2.11. The number of rotatable bonds is 7. The van der Waals surface area contributed by atoms with E-state index in [1.54, 1.807) is 6.07 Å². The van der Waals surface area contributed by atoms with Crippen LogP contribution in [0.1, 0.15) is 38.9 Å². The molecular weight excluding hydrogens is 241 g/mol. The van der Waals surface area contributed by atoms with Gasteiger partial charge in [0.25, 0.3) is 0 Å². The second-order valence-electron chi connectivity index (χ2n) is 5.64. The summed E-state index contributed by atoms with van der Waals surface area (Å²) in [5, 5.41) is 3.64. The molecule has 0 fully saturated rings. The Morgan fingerprint density at radius 3 is 2.42 bits per heavy atom. The third kappa shape index (κ3) is 5.25. The molecule has 1 rings (SSSR count). The first-order valence-electron chi connectivity index (χ1n) is 6.96. The summed E-state index contributed by atoms with van der Waals surface area (Å²) in [6.07, 6.45) is 2.23. The third-order valence-electron chi connectivity index (χ3n) is 3.30. The van der Waals surface area contributed by atoms with Crippen LogP contribution in [0.25, 0.3) is 0 Å². The first-order valence-corrected chi connectivity index (χ1v) is 6.96. The Kier molecular flexibility index (Phi) is 6.38. The maximum Gasteiger partial charge on any atom is 0.141 e. The minimum Gasteiger partial charge on any atom is -0.308 e. The summed E-state index contributed by atoms with van der Waals surface area (Å²) in [5.41, 5.74) is 0.910. The Bertz CT molecular complexity index is 362. The van der Waals surface area contributed by atoms with Crippen LogP contribution in [-0.2, 0) is 0 Å². The van der Waals surface area contributed by atoms with Crippen molar-refractivity contribution in [1.29, 1.82) is 0 Å². The quantitative estimate of drug-likeness (QED) is 0.823. The molecule has 0 saturated carbocycles. The van der Waals surface area contributed by atoms with Crippen molar-refractivity contribution in [3.05, 3.63) is 29.8 Å². The molecule has 19 heavy (non-hydrogen) atoms. The first-order chi connectivity index (χ1) is 8.93. The summed E-state index contributed by atoms with van der Waals surface area (Å²) in [6, 6.07) is 3.81. The van der Waals surface area contributed by atoms with E-state index in [0.29, 0.717) is 12.0 Å². The molecule has 0 saturated heterocycles. The lowest BCUT2D eigenvalue weighted by Crippen LogP contribution is -2.43. The van der Waals surface area contributed by atoms with Crippen LogP contribution < -0.4 is 5.32 Å². The number of nitrogens with zero attached hydrogens (tertiary/aromatic N) is 2. The monoisotopic (exact) mass is 267 g/mol. The zero-order valence-electron chi connectivity index (χ0n) is 12.7. The molecule has 0 bridgehead atoms. The molecule has 1 heterocycles. The molecule has 0 aliphatic carbocycles. The van der Waals surface area contributed by atoms with Gasteiger partial charge in [0.1, 0.15) is 5.82 Å². The lowest BCUT2D eigenvalue weighted by Gasteiger charge is -2.30. The second-order valence-corrected chi connectivity index (χ2v) is 5.64. The van der Waals surface area contributed by atoms with Crippen LogP contribution in [0.4, 0.5) is 4.39 Å². The van der Waals surface area contributed by atoms with E-state index in [-0.39, 0.29) is 11.9 Å². The van der Waals surface area contributed by atoms with Gasteiger partial charge in [-0.25, -0.2) is 4.39 Å². The molecule has 0 aliphatic heterocycles. The van der Waals surface area contributed by atoms with Crippen LogP contribution >= 0.6 is 0 Å². The third-order valence-corrected chi connectivity index (χ3v) is 3.30. The van der Waals surface area contributed by atoms with Gasteiger partial charge in [0, 0.05) is 18.6 Å². The zero-order valence-corrected chi connectivity index (χ0v) is 12.7. The lowest BCUT2D eigenvalue weighted by atomic mass is 10.0. The molecule has 0 spiro atoms. The van der Waals surface area contributed by atoms with E-state index in [2.05, 4.69) is 50.1 Å². The molecule has 3 nitrogen and oxygen atoms in total. The second kappa shape index (κ2) is 7.56. The summed E-state index contributed by atoms with van der Waals surface area (Å²) in [4.78, 5) is 6.37. The van der Waals surface area contributed by atoms with E-state index in [0.717, 1.165) is 18.7 Å². The van der Waals surface area contributed by atoms with Crippen molar-refractivity contribution in [3.8, 4) is 0 Å². The van der Waals surface area contributed by atoms with Gasteiger partial charge in [-0.1, -0.05) is 20.8 Å². The van der Waals surface area contributed by atoms with E-state index in [4.69, 9.17) is 0 Å². The zero-order chi connectivity index (χ0) is 14.4. The predicted molar refractivity (Wildman–Crippen MR) is 77.5 cm³/mol. The Labute approximate surface area is 116 Å². The Morgan fingerprint density at radius 2 is 2.00 bits per heavy atom. The van der Waals surface area contributed by atoms with Gasteiger partial charge in [0.15, 0.2) is 0 Å². The number of nitrogens with one attached hydrogen (secondary N) is 1. The average molecular weight is 267 g/mol. The summed E-state index contributed by atoms with van der Waals surface area (Å²) in [5.74, 6) is 0.254. The van der Waals surface area contributed by atoms with Crippen LogP contribution in [0.15, 0.2) is 18.3 Å². The first kappa shape index (κ1) is 16.1. The molecule has 0 amide bonds. The van der Waals surface area contributed by atoms with Gasteiger partial charge in [-0.15, -0.1) is 0 Å². The maximum absolute atomic E-state index is 12.9. The summed E-state index contributed by atoms with van der Waals surface area (Å²) >= 11 is 0. The van der Waals surface area contributed by atoms with E-state index in [1.807, 2.05) is 0 Å². The van der Waals surface area contributed by atoms with Gasteiger partial charge < -0.3 is 10.2 Å². The number of hydrogen-bond acceptors (Lipinski definition) is 3. The summed E-state index contributed by atoms with van der Waals surface area (Å²) < 4.78 is 12.9. The molecule has 0 aliphatic rings. The normalized spacial score (nSPS) is 14.9. The topological polar surface area (TPSA) is 28.2 Å². The number of aromatic nitrogens is 1. The van der Waals surface area contributed by atoms with Gasteiger partial charge in [0.05, 0.1) is 11.9 Å². The van der Waals surface area contributed by atoms with Crippen LogP contribution in [0.5, 0.6) is 0 Å². The smallest absolute Gasteiger partial charge is 0.141 e. The van der Waals surface area contributed by atoms with Gasteiger partial charge in [-0.2, -0.15) is 0 Å². The van der Waals surface area contributed by atoms with Crippen molar-refractivity contribution in [2.24, 2.45) is 5.92 Å². The highest BCUT2D eigenvalue weighted by molar-refractivity contribution is 5.10.